The lowest BCUT2D eigenvalue weighted by atomic mass is 10.0. The molecule has 3 aromatic carbocycles. The lowest BCUT2D eigenvalue weighted by Crippen LogP contribution is -2.11. The van der Waals surface area contributed by atoms with Crippen LogP contribution < -0.4 is 10.3 Å². The summed E-state index contributed by atoms with van der Waals surface area (Å²) in [5.74, 6) is -0.572. The molecule has 0 aliphatic carbocycles. The second kappa shape index (κ2) is 7.44. The van der Waals surface area contributed by atoms with Crippen LogP contribution in [0, 0.1) is 5.82 Å². The first-order valence-electron chi connectivity index (χ1n) is 8.61. The standard InChI is InChI=1S/C22H15FN2O3/c23-17-11-9-16(10-12-17)20(26)15-7-5-14(6-8-15)13-28-22-24-19-4-2-1-3-18(19)21(27)25-22/h1-12H,13H2,(H,24,25,27). The number of benzene rings is 3. The van der Waals surface area contributed by atoms with E-state index in [1.54, 1.807) is 48.5 Å². The molecule has 0 aliphatic heterocycles. The average molecular weight is 374 g/mol. The van der Waals surface area contributed by atoms with E-state index < -0.39 is 0 Å². The van der Waals surface area contributed by atoms with Gasteiger partial charge in [-0.05, 0) is 42.0 Å². The number of ether oxygens (including phenoxy) is 1. The quantitative estimate of drug-likeness (QED) is 0.538. The number of nitrogens with one attached hydrogen (secondary N) is 1. The summed E-state index contributed by atoms with van der Waals surface area (Å²) in [6.45, 7) is 0.187. The van der Waals surface area contributed by atoms with Gasteiger partial charge in [-0.1, -0.05) is 36.4 Å². The smallest absolute Gasteiger partial charge is 0.297 e. The highest BCUT2D eigenvalue weighted by Gasteiger charge is 2.09. The molecule has 28 heavy (non-hydrogen) atoms. The predicted molar refractivity (Wildman–Crippen MR) is 103 cm³/mol. The molecule has 6 heteroatoms. The Balaban J connectivity index is 1.47. The van der Waals surface area contributed by atoms with Crippen LogP contribution in [0.4, 0.5) is 4.39 Å². The van der Waals surface area contributed by atoms with Crippen LogP contribution in [0.5, 0.6) is 6.01 Å². The van der Waals surface area contributed by atoms with Gasteiger partial charge in [-0.15, -0.1) is 0 Å². The number of hydrogen-bond donors (Lipinski definition) is 1. The number of para-hydroxylation sites is 1. The summed E-state index contributed by atoms with van der Waals surface area (Å²) in [6.07, 6.45) is 0. The Bertz CT molecular complexity index is 1200. The van der Waals surface area contributed by atoms with E-state index in [1.165, 1.54) is 24.3 Å². The first kappa shape index (κ1) is 17.6. The zero-order chi connectivity index (χ0) is 19.5. The number of ketones is 1. The van der Waals surface area contributed by atoms with Crippen LogP contribution in [0.3, 0.4) is 0 Å². The van der Waals surface area contributed by atoms with Gasteiger partial charge in [0.1, 0.15) is 12.4 Å². The van der Waals surface area contributed by atoms with Gasteiger partial charge in [-0.3, -0.25) is 14.6 Å². The van der Waals surface area contributed by atoms with Crippen LogP contribution in [0.25, 0.3) is 10.9 Å². The third kappa shape index (κ3) is 3.66. The number of aromatic amines is 1. The van der Waals surface area contributed by atoms with E-state index >= 15 is 0 Å². The molecule has 5 nitrogen and oxygen atoms in total. The third-order valence-electron chi connectivity index (χ3n) is 4.29. The number of hydrogen-bond acceptors (Lipinski definition) is 4. The predicted octanol–water partition coefficient (Wildman–Crippen LogP) is 3.87. The lowest BCUT2D eigenvalue weighted by Gasteiger charge is -2.07. The van der Waals surface area contributed by atoms with Crippen molar-refractivity contribution >= 4 is 16.7 Å². The highest BCUT2D eigenvalue weighted by molar-refractivity contribution is 6.08. The minimum atomic E-state index is -0.385. The highest BCUT2D eigenvalue weighted by atomic mass is 19.1. The lowest BCUT2D eigenvalue weighted by molar-refractivity contribution is 0.103. The second-order valence-corrected chi connectivity index (χ2v) is 6.21. The number of nitrogens with zero attached hydrogens (tertiary/aromatic N) is 1. The van der Waals surface area contributed by atoms with E-state index in [0.717, 1.165) is 5.56 Å². The number of carbonyl (C=O) groups excluding carboxylic acids is 1. The van der Waals surface area contributed by atoms with Gasteiger partial charge in [0, 0.05) is 11.1 Å². The summed E-state index contributed by atoms with van der Waals surface area (Å²) in [5, 5.41) is 0.499. The monoisotopic (exact) mass is 374 g/mol. The van der Waals surface area contributed by atoms with Crippen LogP contribution in [0.15, 0.2) is 77.6 Å². The van der Waals surface area contributed by atoms with Crippen LogP contribution in [0.2, 0.25) is 0 Å². The van der Waals surface area contributed by atoms with Gasteiger partial charge in [0.05, 0.1) is 10.9 Å². The Labute approximate surface area is 159 Å². The van der Waals surface area contributed by atoms with E-state index in [2.05, 4.69) is 9.97 Å². The largest absolute Gasteiger partial charge is 0.460 e. The maximum Gasteiger partial charge on any atom is 0.297 e. The van der Waals surface area contributed by atoms with Crippen LogP contribution >= 0.6 is 0 Å². The molecular formula is C22H15FN2O3. The molecule has 0 unspecified atom stereocenters. The van der Waals surface area contributed by atoms with Crippen molar-refractivity contribution in [1.82, 2.24) is 9.97 Å². The van der Waals surface area contributed by atoms with Gasteiger partial charge in [0.25, 0.3) is 11.6 Å². The fourth-order valence-corrected chi connectivity index (χ4v) is 2.81. The number of fused-ring (bicyclic) bond motifs is 1. The van der Waals surface area contributed by atoms with Crippen LogP contribution in [-0.4, -0.2) is 15.8 Å². The topological polar surface area (TPSA) is 72.0 Å². The van der Waals surface area contributed by atoms with Gasteiger partial charge in [-0.25, -0.2) is 4.39 Å². The molecular weight excluding hydrogens is 359 g/mol. The summed E-state index contributed by atoms with van der Waals surface area (Å²) in [4.78, 5) is 31.3. The fraction of sp³-hybridized carbons (Fsp3) is 0.0455. The molecule has 0 amide bonds. The van der Waals surface area contributed by atoms with Crippen molar-refractivity contribution in [3.05, 3.63) is 106 Å². The Morgan fingerprint density at radius 3 is 2.29 bits per heavy atom. The Morgan fingerprint density at radius 1 is 0.929 bits per heavy atom. The van der Waals surface area contributed by atoms with E-state index in [0.29, 0.717) is 22.0 Å². The SMILES string of the molecule is O=C(c1ccc(F)cc1)c1ccc(COc2nc3ccccc3c(=O)[nH]2)cc1. The van der Waals surface area contributed by atoms with Crippen molar-refractivity contribution < 1.29 is 13.9 Å². The molecule has 0 bridgehead atoms. The number of carbonyl (C=O) groups is 1. The average Bonchev–Trinajstić information content (AvgIpc) is 2.73. The van der Waals surface area contributed by atoms with Crippen LogP contribution in [0.1, 0.15) is 21.5 Å². The zero-order valence-electron chi connectivity index (χ0n) is 14.7. The molecule has 0 spiro atoms. The minimum absolute atomic E-state index is 0.134. The fourth-order valence-electron chi connectivity index (χ4n) is 2.81. The second-order valence-electron chi connectivity index (χ2n) is 6.21. The van der Waals surface area contributed by atoms with Gasteiger partial charge in [0.2, 0.25) is 0 Å². The van der Waals surface area contributed by atoms with Crippen LogP contribution in [-0.2, 0) is 6.61 Å². The molecule has 4 aromatic rings. The van der Waals surface area contributed by atoms with E-state index in [4.69, 9.17) is 4.74 Å². The molecule has 1 N–H and O–H groups in total. The summed E-state index contributed by atoms with van der Waals surface area (Å²) in [6, 6.07) is 19.5. The third-order valence-corrected chi connectivity index (χ3v) is 4.29. The molecule has 0 radical (unpaired) electrons. The molecule has 0 aliphatic rings. The van der Waals surface area contributed by atoms with Gasteiger partial charge in [-0.2, -0.15) is 4.98 Å². The maximum atomic E-state index is 13.0. The number of aromatic nitrogens is 2. The maximum absolute atomic E-state index is 13.0. The summed E-state index contributed by atoms with van der Waals surface area (Å²) >= 11 is 0. The molecule has 1 aromatic heterocycles. The number of rotatable bonds is 5. The van der Waals surface area contributed by atoms with Gasteiger partial charge < -0.3 is 4.74 Å². The van der Waals surface area contributed by atoms with Gasteiger partial charge >= 0.3 is 0 Å². The number of H-pyrrole nitrogens is 1. The molecule has 0 saturated heterocycles. The summed E-state index contributed by atoms with van der Waals surface area (Å²) < 4.78 is 18.6. The van der Waals surface area contributed by atoms with E-state index in [1.807, 2.05) is 0 Å². The first-order valence-corrected chi connectivity index (χ1v) is 8.61. The van der Waals surface area contributed by atoms with Crippen molar-refractivity contribution in [2.75, 3.05) is 0 Å². The zero-order valence-corrected chi connectivity index (χ0v) is 14.7. The van der Waals surface area contributed by atoms with Crippen molar-refractivity contribution in [2.45, 2.75) is 6.61 Å². The Hall–Kier alpha value is -3.80. The van der Waals surface area contributed by atoms with Crippen molar-refractivity contribution in [2.24, 2.45) is 0 Å². The van der Waals surface area contributed by atoms with Crippen molar-refractivity contribution in [3.63, 3.8) is 0 Å². The molecule has 0 saturated carbocycles. The minimum Gasteiger partial charge on any atom is -0.460 e. The summed E-state index contributed by atoms with van der Waals surface area (Å²) in [5.41, 5.74) is 2.02. The molecule has 1 heterocycles. The number of halogens is 1. The molecule has 4 rings (SSSR count). The van der Waals surface area contributed by atoms with E-state index in [9.17, 15) is 14.0 Å². The Morgan fingerprint density at radius 2 is 1.57 bits per heavy atom. The highest BCUT2D eigenvalue weighted by Crippen LogP contribution is 2.14. The molecule has 0 fully saturated rings. The molecule has 138 valence electrons. The van der Waals surface area contributed by atoms with Crippen molar-refractivity contribution in [3.8, 4) is 6.01 Å². The Kier molecular flexibility index (Phi) is 4.68. The van der Waals surface area contributed by atoms with E-state index in [-0.39, 0.29) is 29.8 Å². The normalized spacial score (nSPS) is 10.8. The first-order chi connectivity index (χ1) is 13.6. The molecule has 0 atom stereocenters. The summed E-state index contributed by atoms with van der Waals surface area (Å²) in [7, 11) is 0. The van der Waals surface area contributed by atoms with Gasteiger partial charge in [0.15, 0.2) is 5.78 Å². The van der Waals surface area contributed by atoms with Crippen molar-refractivity contribution in [1.29, 1.82) is 0 Å².